The van der Waals surface area contributed by atoms with Crippen molar-refractivity contribution in [1.82, 2.24) is 4.31 Å². The number of rotatable bonds is 4. The summed E-state index contributed by atoms with van der Waals surface area (Å²) in [7, 11) is 1.56. The molecule has 1 aliphatic rings. The van der Waals surface area contributed by atoms with E-state index in [-0.39, 0.29) is 6.61 Å². The predicted octanol–water partition coefficient (Wildman–Crippen LogP) is 1.00. The Balaban J connectivity index is 2.10. The van der Waals surface area contributed by atoms with Crippen LogP contribution in [-0.4, -0.2) is 46.9 Å². The van der Waals surface area contributed by atoms with Crippen molar-refractivity contribution in [2.24, 2.45) is 0 Å². The van der Waals surface area contributed by atoms with Crippen LogP contribution in [-0.2, 0) is 0 Å². The fourth-order valence-electron chi connectivity index (χ4n) is 1.98. The van der Waals surface area contributed by atoms with E-state index in [9.17, 15) is 5.11 Å². The van der Waals surface area contributed by atoms with E-state index in [4.69, 9.17) is 15.1 Å². The molecule has 0 bridgehead atoms. The molecule has 0 amide bonds. The van der Waals surface area contributed by atoms with Gasteiger partial charge in [-0.15, -0.1) is 0 Å². The zero-order valence-corrected chi connectivity index (χ0v) is 11.5. The summed E-state index contributed by atoms with van der Waals surface area (Å²) in [5, 5.41) is 28.0. The number of nitriles is 1. The Kier molecular flexibility index (Phi) is 4.32. The molecule has 1 fully saturated rings. The standard InChI is InChI=1S/C13H16N2O3S/c1-18-11-6-10(7-14)2-3-12(11)19-15-5-4-13(17,8-15)9-16/h2-3,6,16-17H,4-5,8-9H2,1H3. The molecule has 1 aromatic rings. The largest absolute Gasteiger partial charge is 0.495 e. The summed E-state index contributed by atoms with van der Waals surface area (Å²) in [4.78, 5) is 0.892. The molecular weight excluding hydrogens is 264 g/mol. The zero-order valence-electron chi connectivity index (χ0n) is 10.7. The third-order valence-electron chi connectivity index (χ3n) is 3.11. The lowest BCUT2D eigenvalue weighted by Gasteiger charge is -2.20. The average molecular weight is 280 g/mol. The first-order valence-electron chi connectivity index (χ1n) is 5.94. The molecule has 2 N–H and O–H groups in total. The van der Waals surface area contributed by atoms with Crippen LogP contribution in [0, 0.1) is 11.3 Å². The van der Waals surface area contributed by atoms with Crippen molar-refractivity contribution in [2.75, 3.05) is 26.8 Å². The van der Waals surface area contributed by atoms with Gasteiger partial charge in [-0.2, -0.15) is 5.26 Å². The number of ether oxygens (including phenoxy) is 1. The predicted molar refractivity (Wildman–Crippen MR) is 71.8 cm³/mol. The summed E-state index contributed by atoms with van der Waals surface area (Å²) in [6.45, 7) is 0.886. The van der Waals surface area contributed by atoms with Gasteiger partial charge in [-0.25, -0.2) is 4.31 Å². The molecule has 5 nitrogen and oxygen atoms in total. The van der Waals surface area contributed by atoms with Gasteiger partial charge in [0.25, 0.3) is 0 Å². The normalized spacial score (nSPS) is 23.3. The molecule has 0 spiro atoms. The van der Waals surface area contributed by atoms with Gasteiger partial charge in [0.05, 0.1) is 30.2 Å². The summed E-state index contributed by atoms with van der Waals surface area (Å²) >= 11 is 1.47. The Hall–Kier alpha value is -1.26. The molecule has 1 aromatic carbocycles. The van der Waals surface area contributed by atoms with Crippen molar-refractivity contribution in [3.05, 3.63) is 23.8 Å². The van der Waals surface area contributed by atoms with E-state index in [0.717, 1.165) is 4.90 Å². The first-order valence-corrected chi connectivity index (χ1v) is 6.72. The highest BCUT2D eigenvalue weighted by molar-refractivity contribution is 7.97. The van der Waals surface area contributed by atoms with Gasteiger partial charge in [0.1, 0.15) is 11.4 Å². The van der Waals surface area contributed by atoms with E-state index in [2.05, 4.69) is 6.07 Å². The summed E-state index contributed by atoms with van der Waals surface area (Å²) in [6, 6.07) is 7.33. The summed E-state index contributed by atoms with van der Waals surface area (Å²) in [5.41, 5.74) is -0.457. The number of benzene rings is 1. The molecule has 6 heteroatoms. The van der Waals surface area contributed by atoms with Gasteiger partial charge >= 0.3 is 0 Å². The molecule has 0 radical (unpaired) electrons. The van der Waals surface area contributed by atoms with Crippen LogP contribution in [0.1, 0.15) is 12.0 Å². The number of aliphatic hydroxyl groups excluding tert-OH is 1. The third-order valence-corrected chi connectivity index (χ3v) is 4.22. The van der Waals surface area contributed by atoms with Crippen molar-refractivity contribution in [3.8, 4) is 11.8 Å². The lowest BCUT2D eigenvalue weighted by molar-refractivity contribution is -0.000272. The minimum atomic E-state index is -1.01. The van der Waals surface area contributed by atoms with E-state index < -0.39 is 5.60 Å². The summed E-state index contributed by atoms with van der Waals surface area (Å²) in [5.74, 6) is 0.642. The van der Waals surface area contributed by atoms with Crippen LogP contribution in [0.2, 0.25) is 0 Å². The van der Waals surface area contributed by atoms with Gasteiger partial charge < -0.3 is 14.9 Å². The lowest BCUT2D eigenvalue weighted by Crippen LogP contribution is -2.35. The Morgan fingerprint density at radius 3 is 2.95 bits per heavy atom. The van der Waals surface area contributed by atoms with Crippen molar-refractivity contribution >= 4 is 11.9 Å². The maximum atomic E-state index is 9.98. The molecule has 0 aliphatic carbocycles. The number of hydrogen-bond acceptors (Lipinski definition) is 6. The molecule has 0 saturated carbocycles. The first kappa shape index (κ1) is 14.2. The minimum Gasteiger partial charge on any atom is -0.495 e. The van der Waals surface area contributed by atoms with Crippen molar-refractivity contribution in [1.29, 1.82) is 5.26 Å². The smallest absolute Gasteiger partial charge is 0.135 e. The first-order chi connectivity index (χ1) is 9.10. The highest BCUT2D eigenvalue weighted by Gasteiger charge is 2.36. The Bertz CT molecular complexity index is 503. The molecule has 102 valence electrons. The van der Waals surface area contributed by atoms with Crippen LogP contribution in [0.3, 0.4) is 0 Å². The summed E-state index contributed by atoms with van der Waals surface area (Å²) < 4.78 is 7.25. The van der Waals surface area contributed by atoms with Gasteiger partial charge in [-0.3, -0.25) is 0 Å². The van der Waals surface area contributed by atoms with Gasteiger partial charge in [0.2, 0.25) is 0 Å². The summed E-state index contributed by atoms with van der Waals surface area (Å²) in [6.07, 6.45) is 0.551. The SMILES string of the molecule is COc1cc(C#N)ccc1SN1CCC(O)(CO)C1. The fraction of sp³-hybridized carbons (Fsp3) is 0.462. The molecule has 1 heterocycles. The second-order valence-electron chi connectivity index (χ2n) is 4.56. The van der Waals surface area contributed by atoms with Crippen molar-refractivity contribution in [2.45, 2.75) is 16.9 Å². The maximum absolute atomic E-state index is 9.98. The van der Waals surface area contributed by atoms with E-state index in [1.807, 2.05) is 10.4 Å². The highest BCUT2D eigenvalue weighted by Crippen LogP contribution is 2.36. The molecule has 1 atom stereocenters. The molecule has 0 aromatic heterocycles. The number of hydrogen-bond donors (Lipinski definition) is 2. The molecule has 1 unspecified atom stereocenters. The minimum absolute atomic E-state index is 0.228. The average Bonchev–Trinajstić information content (AvgIpc) is 2.81. The second-order valence-corrected chi connectivity index (χ2v) is 5.70. The zero-order chi connectivity index (χ0) is 13.9. The highest BCUT2D eigenvalue weighted by atomic mass is 32.2. The van der Waals surface area contributed by atoms with Crippen molar-refractivity contribution < 1.29 is 14.9 Å². The van der Waals surface area contributed by atoms with Crippen LogP contribution >= 0.6 is 11.9 Å². The monoisotopic (exact) mass is 280 g/mol. The van der Waals surface area contributed by atoms with Gasteiger partial charge in [-0.1, -0.05) is 0 Å². The van der Waals surface area contributed by atoms with Gasteiger partial charge in [0.15, 0.2) is 0 Å². The number of β-amino-alcohol motifs (C(OH)–C–C–N with tert-alkyl or cyclic N) is 1. The third kappa shape index (κ3) is 3.19. The number of methoxy groups -OCH3 is 1. The van der Waals surface area contributed by atoms with Crippen LogP contribution in [0.4, 0.5) is 0 Å². The molecular formula is C13H16N2O3S. The van der Waals surface area contributed by atoms with Crippen LogP contribution < -0.4 is 4.74 Å². The molecule has 1 aliphatic heterocycles. The van der Waals surface area contributed by atoms with Crippen LogP contribution in [0.15, 0.2) is 23.1 Å². The Labute approximate surface area is 116 Å². The van der Waals surface area contributed by atoms with Crippen LogP contribution in [0.5, 0.6) is 5.75 Å². The Morgan fingerprint density at radius 2 is 2.37 bits per heavy atom. The lowest BCUT2D eigenvalue weighted by atomic mass is 10.1. The van der Waals surface area contributed by atoms with Crippen molar-refractivity contribution in [3.63, 3.8) is 0 Å². The van der Waals surface area contributed by atoms with Gasteiger partial charge in [0, 0.05) is 13.1 Å². The number of nitrogens with zero attached hydrogens (tertiary/aromatic N) is 2. The van der Waals surface area contributed by atoms with E-state index in [1.165, 1.54) is 11.9 Å². The fourth-order valence-corrected chi connectivity index (χ4v) is 3.10. The quantitative estimate of drug-likeness (QED) is 0.801. The molecule has 2 rings (SSSR count). The second kappa shape index (κ2) is 5.80. The van der Waals surface area contributed by atoms with E-state index in [0.29, 0.717) is 30.8 Å². The number of aliphatic hydroxyl groups is 2. The maximum Gasteiger partial charge on any atom is 0.135 e. The topological polar surface area (TPSA) is 76.7 Å². The van der Waals surface area contributed by atoms with E-state index in [1.54, 1.807) is 19.2 Å². The van der Waals surface area contributed by atoms with E-state index >= 15 is 0 Å². The molecule has 1 saturated heterocycles. The Morgan fingerprint density at radius 1 is 1.58 bits per heavy atom. The van der Waals surface area contributed by atoms with Crippen LogP contribution in [0.25, 0.3) is 0 Å². The van der Waals surface area contributed by atoms with Gasteiger partial charge in [-0.05, 0) is 36.6 Å². The molecule has 19 heavy (non-hydrogen) atoms.